The van der Waals surface area contributed by atoms with Gasteiger partial charge >= 0.3 is 0 Å². The van der Waals surface area contributed by atoms with Crippen LogP contribution in [-0.4, -0.2) is 57.7 Å². The predicted octanol–water partition coefficient (Wildman–Crippen LogP) is 2.30. The van der Waals surface area contributed by atoms with Crippen molar-refractivity contribution in [3.05, 3.63) is 18.0 Å². The number of carbonyl (C=O) groups is 1. The monoisotopic (exact) mass is 318 g/mol. The van der Waals surface area contributed by atoms with Crippen LogP contribution in [0.15, 0.2) is 12.4 Å². The molecule has 3 heterocycles. The van der Waals surface area contributed by atoms with Gasteiger partial charge in [-0.05, 0) is 64.1 Å². The van der Waals surface area contributed by atoms with Crippen molar-refractivity contribution in [1.29, 1.82) is 0 Å². The van der Waals surface area contributed by atoms with Crippen LogP contribution in [0.25, 0.3) is 0 Å². The fourth-order valence-electron chi connectivity index (χ4n) is 4.04. The molecule has 5 heteroatoms. The first kappa shape index (κ1) is 16.5. The number of nitrogens with zero attached hydrogens (tertiary/aromatic N) is 4. The SMILES string of the molecule is Cc1cnn(CCC(=O)N2CCC(C(C)N3CCCC3)CC2)c1. The molecular formula is C18H30N4O. The van der Waals surface area contributed by atoms with Crippen LogP contribution in [0.3, 0.4) is 0 Å². The molecule has 23 heavy (non-hydrogen) atoms. The van der Waals surface area contributed by atoms with Crippen molar-refractivity contribution in [2.45, 2.75) is 58.5 Å². The van der Waals surface area contributed by atoms with Crippen LogP contribution >= 0.6 is 0 Å². The average molecular weight is 318 g/mol. The Morgan fingerprint density at radius 3 is 2.57 bits per heavy atom. The molecule has 2 fully saturated rings. The van der Waals surface area contributed by atoms with Crippen LogP contribution in [0.2, 0.25) is 0 Å². The van der Waals surface area contributed by atoms with Gasteiger partial charge in [0, 0.05) is 38.3 Å². The summed E-state index contributed by atoms with van der Waals surface area (Å²) in [6.07, 6.45) is 9.43. The van der Waals surface area contributed by atoms with E-state index in [1.807, 2.05) is 24.0 Å². The highest BCUT2D eigenvalue weighted by molar-refractivity contribution is 5.76. The molecule has 2 aliphatic heterocycles. The van der Waals surface area contributed by atoms with Gasteiger partial charge in [0.15, 0.2) is 0 Å². The summed E-state index contributed by atoms with van der Waals surface area (Å²) in [5, 5.41) is 4.25. The van der Waals surface area contributed by atoms with E-state index in [0.29, 0.717) is 19.0 Å². The highest BCUT2D eigenvalue weighted by Crippen LogP contribution is 2.26. The molecule has 0 aliphatic carbocycles. The molecule has 1 aromatic heterocycles. The van der Waals surface area contributed by atoms with Crippen molar-refractivity contribution in [2.75, 3.05) is 26.2 Å². The fraction of sp³-hybridized carbons (Fsp3) is 0.778. The molecule has 5 nitrogen and oxygen atoms in total. The van der Waals surface area contributed by atoms with Gasteiger partial charge in [0.05, 0.1) is 6.20 Å². The molecule has 1 atom stereocenters. The van der Waals surface area contributed by atoms with E-state index in [9.17, 15) is 4.79 Å². The van der Waals surface area contributed by atoms with E-state index in [4.69, 9.17) is 0 Å². The number of aryl methyl sites for hydroxylation is 2. The lowest BCUT2D eigenvalue weighted by molar-refractivity contribution is -0.133. The molecule has 0 bridgehead atoms. The number of hydrogen-bond acceptors (Lipinski definition) is 3. The summed E-state index contributed by atoms with van der Waals surface area (Å²) in [5.41, 5.74) is 1.15. The quantitative estimate of drug-likeness (QED) is 0.836. The Kier molecular flexibility index (Phi) is 5.36. The Bertz CT molecular complexity index is 513. The number of likely N-dealkylation sites (tertiary alicyclic amines) is 2. The lowest BCUT2D eigenvalue weighted by Gasteiger charge is -2.38. The van der Waals surface area contributed by atoms with Crippen molar-refractivity contribution in [1.82, 2.24) is 19.6 Å². The van der Waals surface area contributed by atoms with E-state index in [2.05, 4.69) is 21.8 Å². The smallest absolute Gasteiger partial charge is 0.224 e. The largest absolute Gasteiger partial charge is 0.343 e. The van der Waals surface area contributed by atoms with Gasteiger partial charge in [0.1, 0.15) is 0 Å². The summed E-state index contributed by atoms with van der Waals surface area (Å²) in [6.45, 7) is 9.49. The van der Waals surface area contributed by atoms with Gasteiger partial charge in [-0.2, -0.15) is 5.10 Å². The first-order valence-corrected chi connectivity index (χ1v) is 9.14. The van der Waals surface area contributed by atoms with Crippen molar-refractivity contribution in [3.63, 3.8) is 0 Å². The normalized spacial score (nSPS) is 21.7. The van der Waals surface area contributed by atoms with Crippen molar-refractivity contribution < 1.29 is 4.79 Å². The molecule has 0 spiro atoms. The summed E-state index contributed by atoms with van der Waals surface area (Å²) >= 11 is 0. The zero-order chi connectivity index (χ0) is 16.2. The molecule has 0 radical (unpaired) electrons. The number of carbonyl (C=O) groups excluding carboxylic acids is 1. The maximum Gasteiger partial charge on any atom is 0.224 e. The second-order valence-electron chi connectivity index (χ2n) is 7.23. The van der Waals surface area contributed by atoms with Gasteiger partial charge in [-0.3, -0.25) is 9.48 Å². The van der Waals surface area contributed by atoms with Crippen LogP contribution in [-0.2, 0) is 11.3 Å². The fourth-order valence-corrected chi connectivity index (χ4v) is 4.04. The zero-order valence-corrected chi connectivity index (χ0v) is 14.6. The van der Waals surface area contributed by atoms with Gasteiger partial charge in [-0.1, -0.05) is 0 Å². The van der Waals surface area contributed by atoms with Crippen LogP contribution in [0, 0.1) is 12.8 Å². The summed E-state index contributed by atoms with van der Waals surface area (Å²) in [6, 6.07) is 0.682. The summed E-state index contributed by atoms with van der Waals surface area (Å²) in [4.78, 5) is 17.1. The van der Waals surface area contributed by atoms with Crippen LogP contribution in [0.1, 0.15) is 44.6 Å². The predicted molar refractivity (Wildman–Crippen MR) is 91.2 cm³/mol. The van der Waals surface area contributed by atoms with Gasteiger partial charge in [0.2, 0.25) is 5.91 Å². The molecule has 1 amide bonds. The Morgan fingerprint density at radius 2 is 1.96 bits per heavy atom. The Balaban J connectivity index is 1.41. The minimum Gasteiger partial charge on any atom is -0.343 e. The lowest BCUT2D eigenvalue weighted by atomic mass is 9.89. The number of rotatable bonds is 5. The topological polar surface area (TPSA) is 41.4 Å². The van der Waals surface area contributed by atoms with E-state index < -0.39 is 0 Å². The maximum atomic E-state index is 12.4. The number of hydrogen-bond donors (Lipinski definition) is 0. The standard InChI is InChI=1S/C18H30N4O/c1-15-13-19-22(14-15)12-7-18(23)21-10-5-17(6-11-21)16(2)20-8-3-4-9-20/h13-14,16-17H,3-12H2,1-2H3. The summed E-state index contributed by atoms with van der Waals surface area (Å²) in [7, 11) is 0. The third-order valence-corrected chi connectivity index (χ3v) is 5.61. The Hall–Kier alpha value is -1.36. The van der Waals surface area contributed by atoms with Gasteiger partial charge in [-0.15, -0.1) is 0 Å². The molecule has 1 aromatic rings. The van der Waals surface area contributed by atoms with Crippen molar-refractivity contribution in [3.8, 4) is 0 Å². The molecule has 2 saturated heterocycles. The Morgan fingerprint density at radius 1 is 1.26 bits per heavy atom. The van der Waals surface area contributed by atoms with Crippen LogP contribution in [0.5, 0.6) is 0 Å². The summed E-state index contributed by atoms with van der Waals surface area (Å²) < 4.78 is 1.87. The van der Waals surface area contributed by atoms with E-state index >= 15 is 0 Å². The van der Waals surface area contributed by atoms with Gasteiger partial charge in [-0.25, -0.2) is 0 Å². The van der Waals surface area contributed by atoms with Crippen LogP contribution < -0.4 is 0 Å². The molecular weight excluding hydrogens is 288 g/mol. The minimum absolute atomic E-state index is 0.283. The molecule has 0 saturated carbocycles. The first-order valence-electron chi connectivity index (χ1n) is 9.14. The minimum atomic E-state index is 0.283. The van der Waals surface area contributed by atoms with E-state index in [1.54, 1.807) is 0 Å². The second-order valence-corrected chi connectivity index (χ2v) is 7.23. The molecule has 0 aromatic carbocycles. The third-order valence-electron chi connectivity index (χ3n) is 5.61. The van der Waals surface area contributed by atoms with E-state index in [0.717, 1.165) is 37.4 Å². The number of aromatic nitrogens is 2. The molecule has 2 aliphatic rings. The highest BCUT2D eigenvalue weighted by atomic mass is 16.2. The van der Waals surface area contributed by atoms with Crippen molar-refractivity contribution in [2.24, 2.45) is 5.92 Å². The maximum absolute atomic E-state index is 12.4. The average Bonchev–Trinajstić information content (AvgIpc) is 3.24. The third kappa shape index (κ3) is 4.14. The van der Waals surface area contributed by atoms with Crippen molar-refractivity contribution >= 4 is 5.91 Å². The molecule has 0 N–H and O–H groups in total. The van der Waals surface area contributed by atoms with Gasteiger partial charge in [0.25, 0.3) is 0 Å². The highest BCUT2D eigenvalue weighted by Gasteiger charge is 2.30. The number of amides is 1. The number of piperidine rings is 1. The van der Waals surface area contributed by atoms with E-state index in [1.165, 1.54) is 25.9 Å². The van der Waals surface area contributed by atoms with Crippen LogP contribution in [0.4, 0.5) is 0 Å². The van der Waals surface area contributed by atoms with Gasteiger partial charge < -0.3 is 9.80 Å². The van der Waals surface area contributed by atoms with E-state index in [-0.39, 0.29) is 5.91 Å². The Labute approximate surface area is 139 Å². The lowest BCUT2D eigenvalue weighted by Crippen LogP contribution is -2.45. The zero-order valence-electron chi connectivity index (χ0n) is 14.6. The second kappa shape index (κ2) is 7.47. The molecule has 3 rings (SSSR count). The molecule has 128 valence electrons. The first-order chi connectivity index (χ1) is 11.1. The molecule has 1 unspecified atom stereocenters. The summed E-state index contributed by atoms with van der Waals surface area (Å²) in [5.74, 6) is 1.04.